The van der Waals surface area contributed by atoms with Gasteiger partial charge in [-0.15, -0.1) is 0 Å². The zero-order valence-electron chi connectivity index (χ0n) is 9.70. The van der Waals surface area contributed by atoms with Crippen LogP contribution in [0, 0.1) is 18.3 Å². The van der Waals surface area contributed by atoms with Gasteiger partial charge in [0.1, 0.15) is 11.8 Å². The molecule has 0 fully saturated rings. The third kappa shape index (κ3) is 3.48. The zero-order valence-corrected chi connectivity index (χ0v) is 9.70. The molecule has 5 heteroatoms. The van der Waals surface area contributed by atoms with Gasteiger partial charge in [-0.3, -0.25) is 0 Å². The molecular weight excluding hydrogens is 202 g/mol. The minimum absolute atomic E-state index is 0.165. The number of anilines is 1. The van der Waals surface area contributed by atoms with Gasteiger partial charge in [-0.1, -0.05) is 13.3 Å². The van der Waals surface area contributed by atoms with E-state index < -0.39 is 0 Å². The summed E-state index contributed by atoms with van der Waals surface area (Å²) in [6.45, 7) is 4.47. The molecule has 16 heavy (non-hydrogen) atoms. The lowest BCUT2D eigenvalue weighted by Crippen LogP contribution is -2.29. The van der Waals surface area contributed by atoms with E-state index in [0.717, 1.165) is 18.5 Å². The largest absolute Gasteiger partial charge is 0.350 e. The van der Waals surface area contributed by atoms with Crippen LogP contribution in [0.5, 0.6) is 0 Å². The van der Waals surface area contributed by atoms with E-state index in [9.17, 15) is 0 Å². The van der Waals surface area contributed by atoms with Gasteiger partial charge in [-0.25, -0.2) is 9.97 Å². The standard InChI is InChI=1S/C11H17N5/c1-3-4-9(6-12)15-11-14-8(2)5-10(7-13)16-11/h5,9H,3-4,6,12H2,1-2H3,(H,14,15,16). The molecule has 0 saturated heterocycles. The highest BCUT2D eigenvalue weighted by molar-refractivity contribution is 5.33. The van der Waals surface area contributed by atoms with E-state index >= 15 is 0 Å². The second-order valence-corrected chi connectivity index (χ2v) is 3.70. The van der Waals surface area contributed by atoms with E-state index in [2.05, 4.69) is 22.2 Å². The van der Waals surface area contributed by atoms with Crippen LogP contribution >= 0.6 is 0 Å². The first kappa shape index (κ1) is 12.4. The summed E-state index contributed by atoms with van der Waals surface area (Å²) < 4.78 is 0. The molecule has 1 atom stereocenters. The molecule has 0 amide bonds. The third-order valence-electron chi connectivity index (χ3n) is 2.22. The lowest BCUT2D eigenvalue weighted by atomic mass is 10.2. The Balaban J connectivity index is 2.80. The minimum Gasteiger partial charge on any atom is -0.350 e. The Hall–Kier alpha value is -1.67. The van der Waals surface area contributed by atoms with E-state index in [1.54, 1.807) is 6.07 Å². The predicted octanol–water partition coefficient (Wildman–Crippen LogP) is 1.20. The Morgan fingerprint density at radius 2 is 2.31 bits per heavy atom. The van der Waals surface area contributed by atoms with Crippen LogP contribution in [0.25, 0.3) is 0 Å². The number of aryl methyl sites for hydroxylation is 1. The first-order chi connectivity index (χ1) is 7.69. The molecule has 1 aromatic heterocycles. The van der Waals surface area contributed by atoms with Crippen molar-refractivity contribution in [3.63, 3.8) is 0 Å². The average molecular weight is 219 g/mol. The van der Waals surface area contributed by atoms with E-state index in [1.807, 2.05) is 13.0 Å². The molecule has 0 aliphatic carbocycles. The lowest BCUT2D eigenvalue weighted by Gasteiger charge is -2.15. The second kappa shape index (κ2) is 6.03. The summed E-state index contributed by atoms with van der Waals surface area (Å²) in [5, 5.41) is 11.9. The number of aromatic nitrogens is 2. The van der Waals surface area contributed by atoms with E-state index in [4.69, 9.17) is 11.0 Å². The second-order valence-electron chi connectivity index (χ2n) is 3.70. The molecule has 0 spiro atoms. The van der Waals surface area contributed by atoms with Crippen molar-refractivity contribution in [1.29, 1.82) is 5.26 Å². The summed E-state index contributed by atoms with van der Waals surface area (Å²) >= 11 is 0. The summed E-state index contributed by atoms with van der Waals surface area (Å²) in [5.41, 5.74) is 6.79. The van der Waals surface area contributed by atoms with Crippen LogP contribution < -0.4 is 11.1 Å². The number of nitrogens with two attached hydrogens (primary N) is 1. The van der Waals surface area contributed by atoms with Crippen LogP contribution in [0.2, 0.25) is 0 Å². The van der Waals surface area contributed by atoms with Gasteiger partial charge < -0.3 is 11.1 Å². The maximum Gasteiger partial charge on any atom is 0.224 e. The van der Waals surface area contributed by atoms with Gasteiger partial charge >= 0.3 is 0 Å². The SMILES string of the molecule is CCCC(CN)Nc1nc(C)cc(C#N)n1. The van der Waals surface area contributed by atoms with Crippen LogP contribution in [0.15, 0.2) is 6.07 Å². The molecule has 0 bridgehead atoms. The average Bonchev–Trinajstić information content (AvgIpc) is 2.27. The van der Waals surface area contributed by atoms with Crippen molar-refractivity contribution >= 4 is 5.95 Å². The first-order valence-corrected chi connectivity index (χ1v) is 5.42. The van der Waals surface area contributed by atoms with Gasteiger partial charge in [0.2, 0.25) is 5.95 Å². The normalized spacial score (nSPS) is 11.9. The molecule has 0 saturated carbocycles. The van der Waals surface area contributed by atoms with E-state index in [0.29, 0.717) is 18.2 Å². The van der Waals surface area contributed by atoms with Crippen molar-refractivity contribution in [2.45, 2.75) is 32.7 Å². The Bertz CT molecular complexity index is 382. The molecule has 0 aliphatic heterocycles. The van der Waals surface area contributed by atoms with Gasteiger partial charge in [0, 0.05) is 18.3 Å². The molecule has 1 aromatic rings. The summed E-state index contributed by atoms with van der Waals surface area (Å²) in [6.07, 6.45) is 2.02. The van der Waals surface area contributed by atoms with Crippen molar-refractivity contribution in [2.75, 3.05) is 11.9 Å². The van der Waals surface area contributed by atoms with Gasteiger partial charge in [-0.05, 0) is 19.4 Å². The molecule has 1 heterocycles. The molecule has 0 aromatic carbocycles. The zero-order chi connectivity index (χ0) is 12.0. The van der Waals surface area contributed by atoms with Crippen LogP contribution in [0.4, 0.5) is 5.95 Å². The van der Waals surface area contributed by atoms with Gasteiger partial charge in [-0.2, -0.15) is 5.26 Å². The predicted molar refractivity (Wildman–Crippen MR) is 62.9 cm³/mol. The monoisotopic (exact) mass is 219 g/mol. The van der Waals surface area contributed by atoms with Crippen molar-refractivity contribution in [1.82, 2.24) is 9.97 Å². The van der Waals surface area contributed by atoms with Crippen LogP contribution in [0.1, 0.15) is 31.2 Å². The molecule has 3 N–H and O–H groups in total. The van der Waals surface area contributed by atoms with Crippen LogP contribution in [-0.2, 0) is 0 Å². The van der Waals surface area contributed by atoms with Crippen molar-refractivity contribution in [3.05, 3.63) is 17.5 Å². The fourth-order valence-corrected chi connectivity index (χ4v) is 1.47. The third-order valence-corrected chi connectivity index (χ3v) is 2.22. The Labute approximate surface area is 95.7 Å². The quantitative estimate of drug-likeness (QED) is 0.776. The molecule has 0 radical (unpaired) electrons. The molecule has 1 rings (SSSR count). The number of hydrogen-bond acceptors (Lipinski definition) is 5. The van der Waals surface area contributed by atoms with Gasteiger partial charge in [0.05, 0.1) is 0 Å². The maximum absolute atomic E-state index is 8.79. The Morgan fingerprint density at radius 1 is 1.56 bits per heavy atom. The summed E-state index contributed by atoms with van der Waals surface area (Å²) in [6, 6.07) is 3.83. The number of nitriles is 1. The Morgan fingerprint density at radius 3 is 2.88 bits per heavy atom. The van der Waals surface area contributed by atoms with Crippen LogP contribution in [0.3, 0.4) is 0 Å². The fraction of sp³-hybridized carbons (Fsp3) is 0.545. The molecular formula is C11H17N5. The molecule has 1 unspecified atom stereocenters. The lowest BCUT2D eigenvalue weighted by molar-refractivity contribution is 0.642. The van der Waals surface area contributed by atoms with Gasteiger partial charge in [0.15, 0.2) is 0 Å². The number of nitrogens with one attached hydrogen (secondary N) is 1. The Kier molecular flexibility index (Phi) is 4.67. The van der Waals surface area contributed by atoms with Crippen LogP contribution in [-0.4, -0.2) is 22.6 Å². The highest BCUT2D eigenvalue weighted by Gasteiger charge is 2.08. The summed E-state index contributed by atoms with van der Waals surface area (Å²) in [7, 11) is 0. The van der Waals surface area contributed by atoms with Crippen molar-refractivity contribution in [2.24, 2.45) is 5.73 Å². The number of nitrogens with zero attached hydrogens (tertiary/aromatic N) is 3. The minimum atomic E-state index is 0.165. The fourth-order valence-electron chi connectivity index (χ4n) is 1.47. The number of hydrogen-bond donors (Lipinski definition) is 2. The summed E-state index contributed by atoms with van der Waals surface area (Å²) in [5.74, 6) is 0.487. The first-order valence-electron chi connectivity index (χ1n) is 5.42. The molecule has 0 aliphatic rings. The molecule has 86 valence electrons. The summed E-state index contributed by atoms with van der Waals surface area (Å²) in [4.78, 5) is 8.31. The van der Waals surface area contributed by atoms with E-state index in [-0.39, 0.29) is 6.04 Å². The van der Waals surface area contributed by atoms with Gasteiger partial charge in [0.25, 0.3) is 0 Å². The molecule has 5 nitrogen and oxygen atoms in total. The maximum atomic E-state index is 8.79. The highest BCUT2D eigenvalue weighted by atomic mass is 15.1. The van der Waals surface area contributed by atoms with Crippen molar-refractivity contribution < 1.29 is 0 Å². The number of rotatable bonds is 5. The van der Waals surface area contributed by atoms with E-state index in [1.165, 1.54) is 0 Å². The highest BCUT2D eigenvalue weighted by Crippen LogP contribution is 2.07. The van der Waals surface area contributed by atoms with Crippen molar-refractivity contribution in [3.8, 4) is 6.07 Å². The topological polar surface area (TPSA) is 87.6 Å². The smallest absolute Gasteiger partial charge is 0.224 e.